The second-order valence-electron chi connectivity index (χ2n) is 7.19. The van der Waals surface area contributed by atoms with Gasteiger partial charge in [-0.05, 0) is 67.1 Å². The number of hydrogen-bond donors (Lipinski definition) is 2. The number of benzene rings is 2. The Hall–Kier alpha value is -3.59. The Kier molecular flexibility index (Phi) is 7.32. The van der Waals surface area contributed by atoms with Crippen LogP contribution in [0.4, 0.5) is 11.5 Å². The van der Waals surface area contributed by atoms with Crippen molar-refractivity contribution >= 4 is 27.4 Å². The smallest absolute Gasteiger partial charge is 0.261 e. The summed E-state index contributed by atoms with van der Waals surface area (Å²) in [7, 11) is -0.0177. The summed E-state index contributed by atoms with van der Waals surface area (Å²) in [5.41, 5.74) is 1.55. The van der Waals surface area contributed by atoms with Crippen LogP contribution in [0.2, 0.25) is 0 Å². The lowest BCUT2D eigenvalue weighted by molar-refractivity contribution is 0.0951. The third kappa shape index (κ3) is 5.98. The molecule has 0 bridgehead atoms. The molecule has 0 spiro atoms. The van der Waals surface area contributed by atoms with E-state index < -0.39 is 10.0 Å². The zero-order valence-corrected chi connectivity index (χ0v) is 19.0. The van der Waals surface area contributed by atoms with Gasteiger partial charge in [0.2, 0.25) is 0 Å². The van der Waals surface area contributed by atoms with Gasteiger partial charge in [-0.1, -0.05) is 6.07 Å². The number of carbonyl (C=O) groups is 1. The summed E-state index contributed by atoms with van der Waals surface area (Å²) in [5.74, 6) is 1.08. The number of ether oxygens (including phenoxy) is 1. The van der Waals surface area contributed by atoms with E-state index in [1.54, 1.807) is 36.5 Å². The molecule has 0 aliphatic carbocycles. The molecular formula is C23H26N4O4S. The third-order valence-corrected chi connectivity index (χ3v) is 5.94. The predicted molar refractivity (Wildman–Crippen MR) is 125 cm³/mol. The summed E-state index contributed by atoms with van der Waals surface area (Å²) in [4.78, 5) is 18.8. The van der Waals surface area contributed by atoms with Crippen molar-refractivity contribution in [3.05, 3.63) is 78.0 Å². The first-order chi connectivity index (χ1) is 15.3. The van der Waals surface area contributed by atoms with Gasteiger partial charge in [-0.25, -0.2) is 13.4 Å². The third-order valence-electron chi connectivity index (χ3n) is 4.54. The lowest BCUT2D eigenvalue weighted by Gasteiger charge is -2.13. The van der Waals surface area contributed by atoms with Crippen LogP contribution in [0, 0.1) is 0 Å². The van der Waals surface area contributed by atoms with Crippen LogP contribution in [-0.2, 0) is 16.6 Å². The van der Waals surface area contributed by atoms with Crippen LogP contribution in [0.3, 0.4) is 0 Å². The minimum absolute atomic E-state index is 0.102. The second-order valence-corrected chi connectivity index (χ2v) is 8.87. The summed E-state index contributed by atoms with van der Waals surface area (Å²) in [6.45, 7) is 2.68. The van der Waals surface area contributed by atoms with Gasteiger partial charge in [-0.3, -0.25) is 9.52 Å². The summed E-state index contributed by atoms with van der Waals surface area (Å²) in [6, 6.07) is 16.2. The van der Waals surface area contributed by atoms with E-state index in [0.717, 1.165) is 11.4 Å². The van der Waals surface area contributed by atoms with Gasteiger partial charge in [0.15, 0.2) is 0 Å². The molecule has 2 N–H and O–H groups in total. The van der Waals surface area contributed by atoms with Crippen molar-refractivity contribution in [2.75, 3.05) is 30.3 Å². The molecule has 2 aromatic carbocycles. The number of amides is 1. The number of aromatic nitrogens is 1. The maximum atomic E-state index is 12.7. The average molecular weight is 455 g/mol. The highest BCUT2D eigenvalue weighted by Gasteiger charge is 2.15. The Bertz CT molecular complexity index is 1180. The van der Waals surface area contributed by atoms with Crippen molar-refractivity contribution in [2.24, 2.45) is 0 Å². The fourth-order valence-corrected chi connectivity index (χ4v) is 3.97. The highest BCUT2D eigenvalue weighted by Crippen LogP contribution is 2.20. The molecule has 0 saturated carbocycles. The first-order valence-corrected chi connectivity index (χ1v) is 11.5. The van der Waals surface area contributed by atoms with Crippen LogP contribution in [0.1, 0.15) is 22.8 Å². The first-order valence-electron chi connectivity index (χ1n) is 10.0. The molecular weight excluding hydrogens is 428 g/mol. The van der Waals surface area contributed by atoms with Crippen molar-refractivity contribution in [1.29, 1.82) is 0 Å². The zero-order valence-electron chi connectivity index (χ0n) is 18.2. The number of sulfonamides is 1. The van der Waals surface area contributed by atoms with Crippen molar-refractivity contribution in [2.45, 2.75) is 18.4 Å². The van der Waals surface area contributed by atoms with Gasteiger partial charge in [0.25, 0.3) is 15.9 Å². The fourth-order valence-electron chi connectivity index (χ4n) is 2.92. The molecule has 0 aliphatic heterocycles. The number of carbonyl (C=O) groups excluding carboxylic acids is 1. The summed E-state index contributed by atoms with van der Waals surface area (Å²) >= 11 is 0. The molecule has 0 saturated heterocycles. The number of nitrogens with zero attached hydrogens (tertiary/aromatic N) is 2. The highest BCUT2D eigenvalue weighted by atomic mass is 32.2. The van der Waals surface area contributed by atoms with Crippen LogP contribution >= 0.6 is 0 Å². The molecule has 0 aliphatic rings. The molecule has 0 unspecified atom stereocenters. The van der Waals surface area contributed by atoms with Crippen molar-refractivity contribution in [3.8, 4) is 5.75 Å². The maximum absolute atomic E-state index is 12.7. The van der Waals surface area contributed by atoms with E-state index in [2.05, 4.69) is 15.0 Å². The minimum Gasteiger partial charge on any atom is -0.494 e. The van der Waals surface area contributed by atoms with E-state index >= 15 is 0 Å². The molecule has 3 aromatic rings. The monoisotopic (exact) mass is 454 g/mol. The molecule has 0 fully saturated rings. The average Bonchev–Trinajstić information content (AvgIpc) is 2.78. The number of pyridine rings is 1. The fraction of sp³-hybridized carbons (Fsp3) is 0.217. The van der Waals surface area contributed by atoms with Crippen LogP contribution in [0.25, 0.3) is 0 Å². The zero-order chi connectivity index (χ0) is 23.1. The van der Waals surface area contributed by atoms with Crippen LogP contribution in [0.5, 0.6) is 5.75 Å². The Morgan fingerprint density at radius 3 is 2.50 bits per heavy atom. The van der Waals surface area contributed by atoms with E-state index in [1.807, 2.05) is 38.1 Å². The number of rotatable bonds is 9. The standard InChI is InChI=1S/C23H26N4O4S/c1-4-31-20-8-10-21(11-9-20)32(29,30)26-19-7-5-6-18(15-19)23(28)25-16-17-12-13-24-22(14-17)27(2)3/h5-15,26H,4,16H2,1-3H3,(H,25,28). The largest absolute Gasteiger partial charge is 0.494 e. The maximum Gasteiger partial charge on any atom is 0.261 e. The molecule has 168 valence electrons. The molecule has 3 rings (SSSR count). The molecule has 32 heavy (non-hydrogen) atoms. The molecule has 1 heterocycles. The van der Waals surface area contributed by atoms with Crippen molar-refractivity contribution < 1.29 is 17.9 Å². The van der Waals surface area contributed by atoms with Gasteiger partial charge < -0.3 is 15.0 Å². The van der Waals surface area contributed by atoms with Gasteiger partial charge in [0, 0.05) is 38.1 Å². The van der Waals surface area contributed by atoms with E-state index in [0.29, 0.717) is 30.2 Å². The molecule has 8 nitrogen and oxygen atoms in total. The van der Waals surface area contributed by atoms with Gasteiger partial charge in [-0.15, -0.1) is 0 Å². The molecule has 9 heteroatoms. The normalized spacial score (nSPS) is 11.0. The first kappa shape index (κ1) is 23.1. The number of hydrogen-bond acceptors (Lipinski definition) is 6. The Balaban J connectivity index is 1.67. The van der Waals surface area contributed by atoms with Crippen molar-refractivity contribution in [3.63, 3.8) is 0 Å². The van der Waals surface area contributed by atoms with Crippen LogP contribution in [0.15, 0.2) is 71.8 Å². The second kappa shape index (κ2) is 10.1. The van der Waals surface area contributed by atoms with Gasteiger partial charge in [-0.2, -0.15) is 0 Å². The predicted octanol–water partition coefficient (Wildman–Crippen LogP) is 3.28. The highest BCUT2D eigenvalue weighted by molar-refractivity contribution is 7.92. The van der Waals surface area contributed by atoms with E-state index in [9.17, 15) is 13.2 Å². The SMILES string of the molecule is CCOc1ccc(S(=O)(=O)Nc2cccc(C(=O)NCc3ccnc(N(C)C)c3)c2)cc1. The quantitative estimate of drug-likeness (QED) is 0.515. The summed E-state index contributed by atoms with van der Waals surface area (Å²) < 4.78 is 33.2. The Morgan fingerprint density at radius 1 is 1.06 bits per heavy atom. The topological polar surface area (TPSA) is 101 Å². The van der Waals surface area contributed by atoms with Gasteiger partial charge in [0.05, 0.1) is 11.5 Å². The van der Waals surface area contributed by atoms with Gasteiger partial charge in [0.1, 0.15) is 11.6 Å². The van der Waals surface area contributed by atoms with Crippen molar-refractivity contribution in [1.82, 2.24) is 10.3 Å². The summed E-state index contributed by atoms with van der Waals surface area (Å²) in [6.07, 6.45) is 1.69. The molecule has 0 radical (unpaired) electrons. The van der Waals surface area contributed by atoms with Gasteiger partial charge >= 0.3 is 0 Å². The number of anilines is 2. The molecule has 1 amide bonds. The van der Waals surface area contributed by atoms with E-state index in [1.165, 1.54) is 18.2 Å². The lowest BCUT2D eigenvalue weighted by atomic mass is 10.2. The van der Waals surface area contributed by atoms with Crippen LogP contribution < -0.4 is 19.7 Å². The number of nitrogens with one attached hydrogen (secondary N) is 2. The summed E-state index contributed by atoms with van der Waals surface area (Å²) in [5, 5.41) is 2.84. The van der Waals surface area contributed by atoms with E-state index in [-0.39, 0.29) is 10.8 Å². The van der Waals surface area contributed by atoms with Crippen LogP contribution in [-0.4, -0.2) is 40.0 Å². The Morgan fingerprint density at radius 2 is 1.81 bits per heavy atom. The lowest BCUT2D eigenvalue weighted by Crippen LogP contribution is -2.23. The molecule has 0 atom stereocenters. The van der Waals surface area contributed by atoms with E-state index in [4.69, 9.17) is 4.74 Å². The Labute approximate surface area is 188 Å². The minimum atomic E-state index is -3.80. The molecule has 1 aromatic heterocycles.